The van der Waals surface area contributed by atoms with Crippen LogP contribution in [0.4, 0.5) is 0 Å². The molecule has 1 heteroatoms. The van der Waals surface area contributed by atoms with Gasteiger partial charge in [0.05, 0.1) is 0 Å². The fraction of sp³-hybridized carbons (Fsp3) is 0.667. The standard InChI is InChI=1S/C15H26N/c1-14(2,3)13-11-9-7-8-10-12-16(13)15(4,5)6/h7,9-10,12H,8,11H2,1-6H3/q+1/b9-7-,12-10-,16-13?. The molecule has 0 radical (unpaired) electrons. The summed E-state index contributed by atoms with van der Waals surface area (Å²) in [5.41, 5.74) is 1.87. The van der Waals surface area contributed by atoms with Crippen LogP contribution >= 0.6 is 0 Å². The summed E-state index contributed by atoms with van der Waals surface area (Å²) in [5, 5.41) is 0. The van der Waals surface area contributed by atoms with E-state index in [1.807, 2.05) is 0 Å². The smallest absolute Gasteiger partial charge is 0.167 e. The number of hydrogen-bond acceptors (Lipinski definition) is 0. The maximum atomic E-state index is 2.44. The van der Waals surface area contributed by atoms with Crippen molar-refractivity contribution in [3.8, 4) is 0 Å². The van der Waals surface area contributed by atoms with Gasteiger partial charge in [0.1, 0.15) is 0 Å². The summed E-state index contributed by atoms with van der Waals surface area (Å²) in [5.74, 6) is 0. The van der Waals surface area contributed by atoms with Crippen molar-refractivity contribution in [2.45, 2.75) is 59.9 Å². The molecule has 16 heavy (non-hydrogen) atoms. The Labute approximate surface area is 101 Å². The molecule has 0 unspecified atom stereocenters. The second-order valence-corrected chi connectivity index (χ2v) is 6.53. The Morgan fingerprint density at radius 2 is 1.56 bits per heavy atom. The van der Waals surface area contributed by atoms with Crippen LogP contribution in [0, 0.1) is 5.41 Å². The normalized spacial score (nSPS) is 22.6. The van der Waals surface area contributed by atoms with Gasteiger partial charge in [0.25, 0.3) is 0 Å². The third-order valence-corrected chi connectivity index (χ3v) is 2.88. The van der Waals surface area contributed by atoms with Crippen LogP contribution in [0.25, 0.3) is 0 Å². The Hall–Kier alpha value is -0.850. The van der Waals surface area contributed by atoms with Crippen molar-refractivity contribution in [2.75, 3.05) is 0 Å². The van der Waals surface area contributed by atoms with Gasteiger partial charge in [-0.1, -0.05) is 32.9 Å². The van der Waals surface area contributed by atoms with E-state index in [1.54, 1.807) is 0 Å². The third-order valence-electron chi connectivity index (χ3n) is 2.88. The van der Waals surface area contributed by atoms with Gasteiger partial charge in [-0.15, -0.1) is 0 Å². The van der Waals surface area contributed by atoms with E-state index in [4.69, 9.17) is 0 Å². The monoisotopic (exact) mass is 220 g/mol. The minimum absolute atomic E-state index is 0.157. The fourth-order valence-corrected chi connectivity index (χ4v) is 2.02. The van der Waals surface area contributed by atoms with Crippen molar-refractivity contribution in [2.24, 2.45) is 5.41 Å². The van der Waals surface area contributed by atoms with Gasteiger partial charge >= 0.3 is 0 Å². The Morgan fingerprint density at radius 3 is 2.06 bits per heavy atom. The molecule has 1 nitrogen and oxygen atoms in total. The van der Waals surface area contributed by atoms with Crippen molar-refractivity contribution in [1.82, 2.24) is 0 Å². The minimum atomic E-state index is 0.157. The highest BCUT2D eigenvalue weighted by atomic mass is 15.1. The lowest BCUT2D eigenvalue weighted by Gasteiger charge is -2.25. The minimum Gasteiger partial charge on any atom is -0.201 e. The topological polar surface area (TPSA) is 3.01 Å². The first-order valence-electron chi connectivity index (χ1n) is 6.20. The number of nitrogens with zero attached hydrogens (tertiary/aromatic N) is 1. The molecule has 1 rings (SSSR count). The van der Waals surface area contributed by atoms with Crippen LogP contribution in [-0.4, -0.2) is 15.8 Å². The van der Waals surface area contributed by atoms with Crippen LogP contribution in [0.2, 0.25) is 0 Å². The molecule has 0 bridgehead atoms. The molecule has 0 N–H and O–H groups in total. The van der Waals surface area contributed by atoms with E-state index in [0.717, 1.165) is 12.8 Å². The molecule has 90 valence electrons. The molecule has 0 aromatic carbocycles. The van der Waals surface area contributed by atoms with Gasteiger partial charge in [-0.05, 0) is 12.5 Å². The van der Waals surface area contributed by atoms with Gasteiger partial charge in [0, 0.05) is 32.6 Å². The third kappa shape index (κ3) is 3.33. The largest absolute Gasteiger partial charge is 0.201 e. The summed E-state index contributed by atoms with van der Waals surface area (Å²) < 4.78 is 2.44. The molecule has 0 aromatic heterocycles. The summed E-state index contributed by atoms with van der Waals surface area (Å²) >= 11 is 0. The van der Waals surface area contributed by atoms with E-state index in [2.05, 4.69) is 70.5 Å². The van der Waals surface area contributed by atoms with Gasteiger partial charge in [0.2, 0.25) is 0 Å². The maximum absolute atomic E-state index is 2.44. The molecule has 0 saturated heterocycles. The van der Waals surface area contributed by atoms with E-state index < -0.39 is 0 Å². The van der Waals surface area contributed by atoms with Gasteiger partial charge in [0.15, 0.2) is 17.5 Å². The highest BCUT2D eigenvalue weighted by molar-refractivity contribution is 5.86. The van der Waals surface area contributed by atoms with E-state index in [9.17, 15) is 0 Å². The molecular weight excluding hydrogens is 194 g/mol. The van der Waals surface area contributed by atoms with Crippen molar-refractivity contribution >= 4 is 5.71 Å². The predicted molar refractivity (Wildman–Crippen MR) is 72.0 cm³/mol. The van der Waals surface area contributed by atoms with Crippen LogP contribution in [0.1, 0.15) is 54.4 Å². The van der Waals surface area contributed by atoms with Gasteiger partial charge in [-0.3, -0.25) is 0 Å². The Morgan fingerprint density at radius 1 is 0.938 bits per heavy atom. The molecule has 0 aliphatic carbocycles. The van der Waals surface area contributed by atoms with Gasteiger partial charge in [-0.25, -0.2) is 4.58 Å². The molecule has 1 aliphatic heterocycles. The van der Waals surface area contributed by atoms with E-state index >= 15 is 0 Å². The Balaban J connectivity index is 3.31. The molecular formula is C15H26N+. The molecule has 0 saturated carbocycles. The van der Waals surface area contributed by atoms with Gasteiger partial charge in [-0.2, -0.15) is 0 Å². The lowest BCUT2D eigenvalue weighted by atomic mass is 9.86. The maximum Gasteiger partial charge on any atom is 0.167 e. The molecule has 0 atom stereocenters. The van der Waals surface area contributed by atoms with E-state index in [1.165, 1.54) is 5.71 Å². The highest BCUT2D eigenvalue weighted by Gasteiger charge is 2.33. The number of allylic oxidation sites excluding steroid dienone is 3. The van der Waals surface area contributed by atoms with Crippen LogP contribution in [0.15, 0.2) is 24.4 Å². The van der Waals surface area contributed by atoms with Crippen molar-refractivity contribution < 1.29 is 4.58 Å². The highest BCUT2D eigenvalue weighted by Crippen LogP contribution is 2.23. The quantitative estimate of drug-likeness (QED) is 0.426. The molecule has 1 aliphatic rings. The lowest BCUT2D eigenvalue weighted by Crippen LogP contribution is -2.39. The fourth-order valence-electron chi connectivity index (χ4n) is 2.02. The molecule has 0 aromatic rings. The zero-order chi connectivity index (χ0) is 12.4. The second-order valence-electron chi connectivity index (χ2n) is 6.53. The number of rotatable bonds is 0. The van der Waals surface area contributed by atoms with Gasteiger partial charge < -0.3 is 0 Å². The summed E-state index contributed by atoms with van der Waals surface area (Å²) in [4.78, 5) is 0. The van der Waals surface area contributed by atoms with E-state index in [0.29, 0.717) is 0 Å². The second kappa shape index (κ2) is 4.57. The van der Waals surface area contributed by atoms with Crippen LogP contribution in [0.5, 0.6) is 0 Å². The van der Waals surface area contributed by atoms with Crippen molar-refractivity contribution in [3.63, 3.8) is 0 Å². The van der Waals surface area contributed by atoms with Crippen molar-refractivity contribution in [3.05, 3.63) is 24.4 Å². The average Bonchev–Trinajstić information content (AvgIpc) is 1.96. The summed E-state index contributed by atoms with van der Waals surface area (Å²) in [6.07, 6.45) is 11.1. The van der Waals surface area contributed by atoms with Crippen LogP contribution in [0.3, 0.4) is 0 Å². The SMILES string of the molecule is CC(C)(C)C1=[N+](C(C)(C)C)/C=C\C/C=C\C1. The summed E-state index contributed by atoms with van der Waals surface area (Å²) in [6.45, 7) is 13.7. The Kier molecular flexibility index (Phi) is 3.77. The van der Waals surface area contributed by atoms with Crippen molar-refractivity contribution in [1.29, 1.82) is 0 Å². The first kappa shape index (κ1) is 13.2. The summed E-state index contributed by atoms with van der Waals surface area (Å²) in [7, 11) is 0. The Bertz CT molecular complexity index is 329. The zero-order valence-electron chi connectivity index (χ0n) is 11.7. The zero-order valence-corrected chi connectivity index (χ0v) is 11.7. The predicted octanol–water partition coefficient (Wildman–Crippen LogP) is 4.15. The number of hydrogen-bond donors (Lipinski definition) is 0. The first-order valence-corrected chi connectivity index (χ1v) is 6.20. The van der Waals surface area contributed by atoms with Crippen LogP contribution in [-0.2, 0) is 0 Å². The summed E-state index contributed by atoms with van der Waals surface area (Å²) in [6, 6.07) is 0. The first-order chi connectivity index (χ1) is 7.23. The molecule has 0 amide bonds. The molecule has 1 heterocycles. The molecule has 0 fully saturated rings. The van der Waals surface area contributed by atoms with Crippen LogP contribution < -0.4 is 0 Å². The molecule has 0 spiro atoms. The van der Waals surface area contributed by atoms with E-state index in [-0.39, 0.29) is 11.0 Å². The average molecular weight is 220 g/mol. The lowest BCUT2D eigenvalue weighted by molar-refractivity contribution is -0.539.